The van der Waals surface area contributed by atoms with Crippen molar-refractivity contribution in [3.05, 3.63) is 82.9 Å². The van der Waals surface area contributed by atoms with E-state index in [1.807, 2.05) is 36.4 Å². The second-order valence-electron chi connectivity index (χ2n) is 6.23. The first-order chi connectivity index (χ1) is 11.6. The highest BCUT2D eigenvalue weighted by Crippen LogP contribution is 2.37. The summed E-state index contributed by atoms with van der Waals surface area (Å²) < 4.78 is 0. The molecule has 0 aliphatic heterocycles. The highest BCUT2D eigenvalue weighted by molar-refractivity contribution is 5.90. The Kier molecular flexibility index (Phi) is 3.60. The first kappa shape index (κ1) is 14.9. The van der Waals surface area contributed by atoms with E-state index in [9.17, 15) is 15.3 Å². The molecule has 0 spiro atoms. The van der Waals surface area contributed by atoms with Crippen LogP contribution >= 0.6 is 0 Å². The summed E-state index contributed by atoms with van der Waals surface area (Å²) in [6.45, 7) is 0. The molecule has 24 heavy (non-hydrogen) atoms. The van der Waals surface area contributed by atoms with Crippen molar-refractivity contribution in [2.24, 2.45) is 0 Å². The van der Waals surface area contributed by atoms with Crippen LogP contribution in [0.3, 0.4) is 0 Å². The van der Waals surface area contributed by atoms with Crippen LogP contribution in [0, 0.1) is 0 Å². The summed E-state index contributed by atoms with van der Waals surface area (Å²) in [5.74, 6) is -0.0703. The third kappa shape index (κ3) is 2.58. The first-order valence-corrected chi connectivity index (χ1v) is 8.00. The Morgan fingerprint density at radius 1 is 1.00 bits per heavy atom. The molecule has 0 saturated heterocycles. The topological polar surface area (TPSA) is 60.7 Å². The number of aliphatic hydroxyl groups excluding tert-OH is 1. The van der Waals surface area contributed by atoms with E-state index >= 15 is 0 Å². The van der Waals surface area contributed by atoms with Gasteiger partial charge in [0.25, 0.3) is 0 Å². The van der Waals surface area contributed by atoms with E-state index in [-0.39, 0.29) is 11.7 Å². The number of phenols is 1. The van der Waals surface area contributed by atoms with E-state index in [0.29, 0.717) is 0 Å². The van der Waals surface area contributed by atoms with Crippen LogP contribution < -0.4 is 0 Å². The van der Waals surface area contributed by atoms with Gasteiger partial charge in [-0.15, -0.1) is 0 Å². The van der Waals surface area contributed by atoms with Gasteiger partial charge < -0.3 is 15.3 Å². The molecule has 3 N–H and O–H groups in total. The smallest absolute Gasteiger partial charge is 0.161 e. The summed E-state index contributed by atoms with van der Waals surface area (Å²) in [6.07, 6.45) is 7.57. The number of phenolic OH excluding ortho intramolecular Hbond substituents is 1. The van der Waals surface area contributed by atoms with Crippen LogP contribution in [0.5, 0.6) is 5.75 Å². The Morgan fingerprint density at radius 3 is 2.67 bits per heavy atom. The molecule has 2 aliphatic rings. The second-order valence-corrected chi connectivity index (χ2v) is 6.23. The fourth-order valence-electron chi connectivity index (χ4n) is 3.41. The number of fused-ring (bicyclic) bond motifs is 1. The standard InChI is InChI=1S/C21H18O3/c22-18-3-1-2-13(12-18)14-4-5-15(10-14)16-6-8-19-17(11-16)7-9-20(19)21(23)24/h1-4,6-12,20-24H,5H2. The number of aromatic hydroxyl groups is 1. The lowest BCUT2D eigenvalue weighted by molar-refractivity contribution is -0.0490. The fraction of sp³-hybridized carbons (Fsp3) is 0.143. The third-order valence-corrected chi connectivity index (χ3v) is 4.67. The van der Waals surface area contributed by atoms with Crippen molar-refractivity contribution in [2.45, 2.75) is 18.6 Å². The van der Waals surface area contributed by atoms with Crippen molar-refractivity contribution in [1.29, 1.82) is 0 Å². The van der Waals surface area contributed by atoms with Gasteiger partial charge in [-0.05, 0) is 58.0 Å². The van der Waals surface area contributed by atoms with Crippen LogP contribution in [-0.4, -0.2) is 21.6 Å². The predicted octanol–water partition coefficient (Wildman–Crippen LogP) is 3.68. The monoisotopic (exact) mass is 318 g/mol. The maximum Gasteiger partial charge on any atom is 0.161 e. The van der Waals surface area contributed by atoms with Gasteiger partial charge in [0, 0.05) is 0 Å². The van der Waals surface area contributed by atoms with E-state index in [1.54, 1.807) is 12.1 Å². The Hall–Kier alpha value is -2.62. The highest BCUT2D eigenvalue weighted by atomic mass is 16.5. The summed E-state index contributed by atoms with van der Waals surface area (Å²) in [7, 11) is 0. The van der Waals surface area contributed by atoms with E-state index in [1.165, 1.54) is 5.57 Å². The van der Waals surface area contributed by atoms with Crippen LogP contribution in [0.4, 0.5) is 0 Å². The SMILES string of the molecule is Oc1cccc(C2=CCC(c3ccc4c(c3)C=CC4C(O)O)=C2)c1. The minimum Gasteiger partial charge on any atom is -0.508 e. The van der Waals surface area contributed by atoms with Crippen LogP contribution in [0.1, 0.15) is 34.6 Å². The van der Waals surface area contributed by atoms with Gasteiger partial charge in [-0.25, -0.2) is 0 Å². The predicted molar refractivity (Wildman–Crippen MR) is 95.1 cm³/mol. The quantitative estimate of drug-likeness (QED) is 0.757. The molecule has 1 atom stereocenters. The summed E-state index contributed by atoms with van der Waals surface area (Å²) in [4.78, 5) is 0. The zero-order valence-electron chi connectivity index (χ0n) is 13.1. The van der Waals surface area contributed by atoms with Gasteiger partial charge in [-0.2, -0.15) is 0 Å². The molecule has 4 rings (SSSR count). The number of aliphatic hydroxyl groups is 2. The molecule has 0 radical (unpaired) electrons. The van der Waals surface area contributed by atoms with Crippen molar-refractivity contribution in [2.75, 3.05) is 0 Å². The molecule has 0 heterocycles. The van der Waals surface area contributed by atoms with E-state index in [4.69, 9.17) is 0 Å². The molecule has 2 aromatic rings. The number of rotatable bonds is 3. The Bertz CT molecular complexity index is 888. The van der Waals surface area contributed by atoms with Crippen molar-refractivity contribution >= 4 is 17.2 Å². The molecule has 2 aromatic carbocycles. The normalized spacial score (nSPS) is 18.7. The van der Waals surface area contributed by atoms with E-state index < -0.39 is 6.29 Å². The molecule has 1 unspecified atom stereocenters. The zero-order chi connectivity index (χ0) is 16.7. The molecular formula is C21H18O3. The molecule has 0 aromatic heterocycles. The molecule has 3 nitrogen and oxygen atoms in total. The molecule has 0 amide bonds. The third-order valence-electron chi connectivity index (χ3n) is 4.67. The van der Waals surface area contributed by atoms with Gasteiger partial charge in [-0.3, -0.25) is 0 Å². The minimum absolute atomic E-state index is 0.270. The average molecular weight is 318 g/mol. The van der Waals surface area contributed by atoms with Gasteiger partial charge >= 0.3 is 0 Å². The van der Waals surface area contributed by atoms with Gasteiger partial charge in [0.1, 0.15) is 5.75 Å². The highest BCUT2D eigenvalue weighted by Gasteiger charge is 2.23. The molecule has 2 aliphatic carbocycles. The molecule has 0 bridgehead atoms. The van der Waals surface area contributed by atoms with Gasteiger partial charge in [0.05, 0.1) is 5.92 Å². The van der Waals surface area contributed by atoms with Crippen LogP contribution in [0.2, 0.25) is 0 Å². The zero-order valence-corrected chi connectivity index (χ0v) is 13.1. The van der Waals surface area contributed by atoms with Crippen molar-refractivity contribution in [1.82, 2.24) is 0 Å². The maximum atomic E-state index is 9.64. The Labute approximate surface area is 140 Å². The summed E-state index contributed by atoms with van der Waals surface area (Å²) in [5, 5.41) is 28.5. The van der Waals surface area contributed by atoms with Crippen molar-refractivity contribution < 1.29 is 15.3 Å². The minimum atomic E-state index is -1.36. The van der Waals surface area contributed by atoms with E-state index in [2.05, 4.69) is 18.2 Å². The van der Waals surface area contributed by atoms with Gasteiger partial charge in [0.15, 0.2) is 6.29 Å². The van der Waals surface area contributed by atoms with Gasteiger partial charge in [0.2, 0.25) is 0 Å². The number of hydrogen-bond donors (Lipinski definition) is 3. The van der Waals surface area contributed by atoms with Crippen LogP contribution in [0.25, 0.3) is 17.2 Å². The maximum absolute atomic E-state index is 9.64. The second kappa shape index (κ2) is 5.78. The van der Waals surface area contributed by atoms with Crippen molar-refractivity contribution in [3.63, 3.8) is 0 Å². The Balaban J connectivity index is 1.63. The molecular weight excluding hydrogens is 300 g/mol. The number of hydrogen-bond acceptors (Lipinski definition) is 3. The summed E-state index contributed by atoms with van der Waals surface area (Å²) in [6, 6.07) is 13.4. The van der Waals surface area contributed by atoms with Crippen molar-refractivity contribution in [3.8, 4) is 5.75 Å². The van der Waals surface area contributed by atoms with Crippen LogP contribution in [0.15, 0.2) is 60.7 Å². The summed E-state index contributed by atoms with van der Waals surface area (Å²) in [5.41, 5.74) is 6.47. The lowest BCUT2D eigenvalue weighted by Crippen LogP contribution is -2.14. The largest absolute Gasteiger partial charge is 0.508 e. The molecule has 120 valence electrons. The summed E-state index contributed by atoms with van der Waals surface area (Å²) >= 11 is 0. The number of benzene rings is 2. The Morgan fingerprint density at radius 2 is 1.88 bits per heavy atom. The lowest BCUT2D eigenvalue weighted by Gasteiger charge is -2.14. The molecule has 0 saturated carbocycles. The lowest BCUT2D eigenvalue weighted by atomic mass is 9.95. The fourth-order valence-corrected chi connectivity index (χ4v) is 3.41. The van der Waals surface area contributed by atoms with Crippen LogP contribution in [-0.2, 0) is 0 Å². The average Bonchev–Trinajstić information content (AvgIpc) is 3.21. The number of allylic oxidation sites excluding steroid dienone is 4. The first-order valence-electron chi connectivity index (χ1n) is 8.00. The molecule has 3 heteroatoms. The molecule has 0 fully saturated rings. The van der Waals surface area contributed by atoms with Gasteiger partial charge in [-0.1, -0.05) is 48.6 Å². The van der Waals surface area contributed by atoms with E-state index in [0.717, 1.165) is 34.2 Å².